The highest BCUT2D eigenvalue weighted by molar-refractivity contribution is 7.91. The first-order chi connectivity index (χ1) is 14.8. The maximum absolute atomic E-state index is 12.6. The molecule has 1 aliphatic heterocycles. The maximum Gasteiger partial charge on any atom is 0.305 e. The van der Waals surface area contributed by atoms with E-state index in [0.29, 0.717) is 29.4 Å². The summed E-state index contributed by atoms with van der Waals surface area (Å²) in [5, 5.41) is 1.72. The minimum absolute atomic E-state index is 0.124. The van der Waals surface area contributed by atoms with Gasteiger partial charge in [-0.3, -0.25) is 25.3 Å². The second-order valence-electron chi connectivity index (χ2n) is 7.28. The number of rotatable bonds is 8. The van der Waals surface area contributed by atoms with Gasteiger partial charge in [0.15, 0.2) is 5.76 Å². The molecule has 0 aromatic carbocycles. The molecule has 2 aromatic heterocycles. The Balaban J connectivity index is 1.46. The fraction of sp³-hybridized carbons (Fsp3) is 0.500. The number of carbonyl (C=O) groups excluding carboxylic acids is 2. The Morgan fingerprint density at radius 3 is 2.48 bits per heavy atom. The van der Waals surface area contributed by atoms with Crippen molar-refractivity contribution in [2.75, 3.05) is 26.2 Å². The van der Waals surface area contributed by atoms with E-state index >= 15 is 0 Å². The highest BCUT2D eigenvalue weighted by Crippen LogP contribution is 2.26. The van der Waals surface area contributed by atoms with Gasteiger partial charge in [-0.1, -0.05) is 19.9 Å². The van der Waals surface area contributed by atoms with Gasteiger partial charge in [0.05, 0.1) is 6.54 Å². The number of amides is 2. The van der Waals surface area contributed by atoms with Crippen LogP contribution < -0.4 is 10.9 Å². The minimum Gasteiger partial charge on any atom is -0.454 e. The van der Waals surface area contributed by atoms with Crippen LogP contribution in [-0.2, 0) is 21.4 Å². The molecular formula is C20H28N4O5S2. The largest absolute Gasteiger partial charge is 0.454 e. The van der Waals surface area contributed by atoms with Gasteiger partial charge in [0.1, 0.15) is 9.97 Å². The standard InChI is InChI=1S/C20H28N4O5S2/c1-3-23(4-2)14-16-7-8-17(29-16)20(26)22-21-19(25)15-9-11-24(12-10-15)31(27,28)18-6-5-13-30-18/h5-8,13,15H,3-4,9-12,14H2,1-2H3,(H,21,25)(H,22,26). The van der Waals surface area contributed by atoms with E-state index < -0.39 is 15.9 Å². The third-order valence-corrected chi connectivity index (χ3v) is 8.64. The molecule has 3 heterocycles. The summed E-state index contributed by atoms with van der Waals surface area (Å²) in [6.45, 7) is 7.00. The number of carbonyl (C=O) groups is 2. The molecule has 2 aromatic rings. The monoisotopic (exact) mass is 468 g/mol. The smallest absolute Gasteiger partial charge is 0.305 e. The van der Waals surface area contributed by atoms with Crippen molar-refractivity contribution in [3.05, 3.63) is 41.2 Å². The van der Waals surface area contributed by atoms with Crippen molar-refractivity contribution in [1.82, 2.24) is 20.1 Å². The zero-order valence-corrected chi connectivity index (χ0v) is 19.3. The van der Waals surface area contributed by atoms with Gasteiger partial charge in [-0.2, -0.15) is 4.31 Å². The molecule has 0 bridgehead atoms. The summed E-state index contributed by atoms with van der Waals surface area (Å²) in [7, 11) is -3.51. The first-order valence-corrected chi connectivity index (χ1v) is 12.6. The molecule has 1 fully saturated rings. The van der Waals surface area contributed by atoms with Crippen molar-refractivity contribution in [2.24, 2.45) is 5.92 Å². The summed E-state index contributed by atoms with van der Waals surface area (Å²) in [4.78, 5) is 26.8. The second-order valence-corrected chi connectivity index (χ2v) is 10.4. The summed E-state index contributed by atoms with van der Waals surface area (Å²) >= 11 is 1.18. The predicted molar refractivity (Wildman–Crippen MR) is 117 cm³/mol. The van der Waals surface area contributed by atoms with Gasteiger partial charge < -0.3 is 4.42 Å². The van der Waals surface area contributed by atoms with Crippen molar-refractivity contribution in [1.29, 1.82) is 0 Å². The van der Waals surface area contributed by atoms with Gasteiger partial charge in [0, 0.05) is 19.0 Å². The molecule has 2 N–H and O–H groups in total. The Hall–Kier alpha value is -2.21. The first-order valence-electron chi connectivity index (χ1n) is 10.3. The van der Waals surface area contributed by atoms with E-state index in [1.165, 1.54) is 15.6 Å². The lowest BCUT2D eigenvalue weighted by Gasteiger charge is -2.30. The molecule has 1 aliphatic rings. The van der Waals surface area contributed by atoms with Crippen LogP contribution >= 0.6 is 11.3 Å². The van der Waals surface area contributed by atoms with Gasteiger partial charge in [0.2, 0.25) is 5.91 Å². The van der Waals surface area contributed by atoms with Crippen LogP contribution in [0.2, 0.25) is 0 Å². The molecule has 0 saturated carbocycles. The van der Waals surface area contributed by atoms with Crippen molar-refractivity contribution in [2.45, 2.75) is 37.4 Å². The van der Waals surface area contributed by atoms with Crippen LogP contribution in [0.4, 0.5) is 0 Å². The van der Waals surface area contributed by atoms with Gasteiger partial charge in [-0.05, 0) is 49.5 Å². The summed E-state index contributed by atoms with van der Waals surface area (Å²) in [5.74, 6) is -0.433. The Labute approximate surface area is 186 Å². The molecule has 3 rings (SSSR count). The summed E-state index contributed by atoms with van der Waals surface area (Å²) < 4.78 is 32.4. The first kappa shape index (κ1) is 23.5. The summed E-state index contributed by atoms with van der Waals surface area (Å²) in [6.07, 6.45) is 0.780. The van der Waals surface area contributed by atoms with Crippen LogP contribution in [0, 0.1) is 5.92 Å². The number of thiophene rings is 1. The van der Waals surface area contributed by atoms with Gasteiger partial charge in [-0.25, -0.2) is 8.42 Å². The quantitative estimate of drug-likeness (QED) is 0.574. The Morgan fingerprint density at radius 2 is 1.87 bits per heavy atom. The van der Waals surface area contributed by atoms with Gasteiger partial charge in [0.25, 0.3) is 10.0 Å². The number of piperidine rings is 1. The average Bonchev–Trinajstić information content (AvgIpc) is 3.48. The third kappa shape index (κ3) is 5.73. The molecule has 31 heavy (non-hydrogen) atoms. The van der Waals surface area contributed by atoms with Gasteiger partial charge in [-0.15, -0.1) is 11.3 Å². The van der Waals surface area contributed by atoms with Crippen LogP contribution in [0.5, 0.6) is 0 Å². The Kier molecular flexibility index (Phi) is 7.87. The van der Waals surface area contributed by atoms with Gasteiger partial charge >= 0.3 is 5.91 Å². The SMILES string of the molecule is CCN(CC)Cc1ccc(C(=O)NNC(=O)C2CCN(S(=O)(=O)c3cccs3)CC2)o1. The van der Waals surface area contributed by atoms with Crippen LogP contribution in [-0.4, -0.2) is 55.6 Å². The average molecular weight is 469 g/mol. The highest BCUT2D eigenvalue weighted by atomic mass is 32.2. The lowest BCUT2D eigenvalue weighted by molar-refractivity contribution is -0.126. The molecule has 170 valence electrons. The van der Waals surface area contributed by atoms with Crippen LogP contribution in [0.15, 0.2) is 38.3 Å². The van der Waals surface area contributed by atoms with E-state index in [0.717, 1.165) is 13.1 Å². The lowest BCUT2D eigenvalue weighted by Crippen LogP contribution is -2.48. The summed E-state index contributed by atoms with van der Waals surface area (Å²) in [5.41, 5.74) is 4.81. The molecule has 0 unspecified atom stereocenters. The van der Waals surface area contributed by atoms with E-state index in [9.17, 15) is 18.0 Å². The number of furan rings is 1. The molecule has 9 nitrogen and oxygen atoms in total. The van der Waals surface area contributed by atoms with Crippen molar-refractivity contribution < 1.29 is 22.4 Å². The van der Waals surface area contributed by atoms with Crippen LogP contribution in [0.1, 0.15) is 43.0 Å². The Bertz CT molecular complexity index is 975. The number of sulfonamides is 1. The highest BCUT2D eigenvalue weighted by Gasteiger charge is 2.32. The molecule has 0 spiro atoms. The van der Waals surface area contributed by atoms with E-state index in [1.807, 2.05) is 0 Å². The minimum atomic E-state index is -3.51. The number of nitrogens with one attached hydrogen (secondary N) is 2. The normalized spacial score (nSPS) is 15.8. The number of hydrogen-bond donors (Lipinski definition) is 2. The molecule has 0 atom stereocenters. The number of hydrazine groups is 1. The molecular weight excluding hydrogens is 440 g/mol. The Morgan fingerprint density at radius 1 is 1.16 bits per heavy atom. The van der Waals surface area contributed by atoms with Crippen LogP contribution in [0.25, 0.3) is 0 Å². The number of hydrogen-bond acceptors (Lipinski definition) is 7. The lowest BCUT2D eigenvalue weighted by atomic mass is 9.98. The maximum atomic E-state index is 12.6. The van der Waals surface area contributed by atoms with E-state index in [4.69, 9.17) is 4.42 Å². The summed E-state index contributed by atoms with van der Waals surface area (Å²) in [6, 6.07) is 6.61. The molecule has 0 radical (unpaired) electrons. The molecule has 11 heteroatoms. The van der Waals surface area contributed by atoms with Crippen molar-refractivity contribution in [3.8, 4) is 0 Å². The predicted octanol–water partition coefficient (Wildman–Crippen LogP) is 2.04. The molecule has 2 amide bonds. The van der Waals surface area contributed by atoms with E-state index in [2.05, 4.69) is 29.6 Å². The number of nitrogens with zero attached hydrogens (tertiary/aromatic N) is 2. The van der Waals surface area contributed by atoms with Crippen LogP contribution in [0.3, 0.4) is 0 Å². The van der Waals surface area contributed by atoms with Crippen molar-refractivity contribution >= 4 is 33.2 Å². The zero-order valence-electron chi connectivity index (χ0n) is 17.7. The molecule has 1 saturated heterocycles. The topological polar surface area (TPSA) is 112 Å². The third-order valence-electron chi connectivity index (χ3n) is 5.37. The second kappa shape index (κ2) is 10.4. The fourth-order valence-corrected chi connectivity index (χ4v) is 6.04. The van der Waals surface area contributed by atoms with E-state index in [-0.39, 0.29) is 30.7 Å². The molecule has 0 aliphatic carbocycles. The van der Waals surface area contributed by atoms with Crippen molar-refractivity contribution in [3.63, 3.8) is 0 Å². The van der Waals surface area contributed by atoms with E-state index in [1.54, 1.807) is 29.6 Å². The zero-order chi connectivity index (χ0) is 22.4. The fourth-order valence-electron chi connectivity index (χ4n) is 3.43.